The summed E-state index contributed by atoms with van der Waals surface area (Å²) in [5.74, 6) is -0.814. The van der Waals surface area contributed by atoms with Gasteiger partial charge in [-0.2, -0.15) is 0 Å². The van der Waals surface area contributed by atoms with E-state index in [9.17, 15) is 9.18 Å². The van der Waals surface area contributed by atoms with Crippen LogP contribution in [0.2, 0.25) is 0 Å². The Bertz CT molecular complexity index is 172. The van der Waals surface area contributed by atoms with Gasteiger partial charge in [-0.3, -0.25) is 4.79 Å². The molecule has 0 aromatic heterocycles. The van der Waals surface area contributed by atoms with Crippen molar-refractivity contribution in [3.8, 4) is 0 Å². The zero-order valence-corrected chi connectivity index (χ0v) is 9.09. The van der Waals surface area contributed by atoms with Gasteiger partial charge in [0.15, 0.2) is 5.67 Å². The predicted octanol–water partition coefficient (Wildman–Crippen LogP) is 0.749. The molecule has 2 N–H and O–H groups in total. The molecular formula is C7H15Cl2FN2O. The number of piperidine rings is 1. The predicted molar refractivity (Wildman–Crippen MR) is 54.3 cm³/mol. The highest BCUT2D eigenvalue weighted by atomic mass is 35.5. The summed E-state index contributed by atoms with van der Waals surface area (Å²) in [6.45, 7) is 1.22. The molecule has 1 aliphatic rings. The molecule has 1 rings (SSSR count). The van der Waals surface area contributed by atoms with Gasteiger partial charge in [-0.15, -0.1) is 24.8 Å². The molecule has 0 saturated carbocycles. The fourth-order valence-electron chi connectivity index (χ4n) is 1.22. The zero-order chi connectivity index (χ0) is 8.48. The average molecular weight is 233 g/mol. The van der Waals surface area contributed by atoms with Crippen molar-refractivity contribution >= 4 is 30.7 Å². The van der Waals surface area contributed by atoms with E-state index in [4.69, 9.17) is 5.73 Å². The van der Waals surface area contributed by atoms with E-state index in [0.717, 1.165) is 0 Å². The molecule has 0 aliphatic carbocycles. The van der Waals surface area contributed by atoms with Crippen LogP contribution in [0.25, 0.3) is 0 Å². The Balaban J connectivity index is 0. The van der Waals surface area contributed by atoms with Gasteiger partial charge in [0.25, 0.3) is 5.91 Å². The van der Waals surface area contributed by atoms with Crippen LogP contribution in [0, 0.1) is 0 Å². The van der Waals surface area contributed by atoms with Crippen LogP contribution in [0.5, 0.6) is 0 Å². The van der Waals surface area contributed by atoms with Gasteiger partial charge in [-0.05, 0) is 7.05 Å². The molecule has 1 amide bonds. The zero-order valence-electron chi connectivity index (χ0n) is 7.46. The highest BCUT2D eigenvalue weighted by Gasteiger charge is 2.39. The van der Waals surface area contributed by atoms with Gasteiger partial charge in [-0.1, -0.05) is 0 Å². The van der Waals surface area contributed by atoms with Crippen molar-refractivity contribution in [1.82, 2.24) is 4.90 Å². The van der Waals surface area contributed by atoms with Gasteiger partial charge < -0.3 is 10.6 Å². The normalized spacial score (nSPS) is 21.1. The summed E-state index contributed by atoms with van der Waals surface area (Å²) in [6.07, 6.45) is 0.470. The summed E-state index contributed by atoms with van der Waals surface area (Å²) in [4.78, 5) is 12.6. The van der Waals surface area contributed by atoms with Crippen LogP contribution in [0.4, 0.5) is 4.39 Å². The molecule has 0 unspecified atom stereocenters. The molecule has 3 nitrogen and oxygen atoms in total. The number of likely N-dealkylation sites (tertiary alicyclic amines) is 1. The molecule has 1 fully saturated rings. The lowest BCUT2D eigenvalue weighted by atomic mass is 9.93. The first kappa shape index (κ1) is 15.4. The molecule has 1 saturated heterocycles. The second-order valence-electron chi connectivity index (χ2n) is 3.13. The molecular weight excluding hydrogens is 218 g/mol. The molecule has 6 heteroatoms. The highest BCUT2D eigenvalue weighted by molar-refractivity contribution is 5.85. The number of hydrogen-bond acceptors (Lipinski definition) is 2. The van der Waals surface area contributed by atoms with E-state index < -0.39 is 11.6 Å². The van der Waals surface area contributed by atoms with Crippen molar-refractivity contribution in [1.29, 1.82) is 0 Å². The third-order valence-electron chi connectivity index (χ3n) is 2.22. The second-order valence-corrected chi connectivity index (χ2v) is 3.13. The first-order chi connectivity index (χ1) is 5.04. The average Bonchev–Trinajstić information content (AvgIpc) is 1.95. The molecule has 0 spiro atoms. The smallest absolute Gasteiger partial charge is 0.255 e. The Hall–Kier alpha value is -0.0600. The first-order valence-electron chi connectivity index (χ1n) is 3.72. The minimum Gasteiger partial charge on any atom is -0.367 e. The summed E-state index contributed by atoms with van der Waals surface area (Å²) < 4.78 is 13.4. The maximum absolute atomic E-state index is 13.4. The molecule has 1 aliphatic heterocycles. The maximum Gasteiger partial charge on any atom is 0.255 e. The minimum absolute atomic E-state index is 0. The summed E-state index contributed by atoms with van der Waals surface area (Å²) in [5, 5.41) is 0. The van der Waals surface area contributed by atoms with E-state index in [0.29, 0.717) is 13.1 Å². The van der Waals surface area contributed by atoms with Crippen molar-refractivity contribution in [2.24, 2.45) is 5.73 Å². The van der Waals surface area contributed by atoms with Crippen molar-refractivity contribution < 1.29 is 9.18 Å². The lowest BCUT2D eigenvalue weighted by Crippen LogP contribution is -2.48. The summed E-state index contributed by atoms with van der Waals surface area (Å²) in [6, 6.07) is 0. The molecule has 80 valence electrons. The Morgan fingerprint density at radius 2 is 1.77 bits per heavy atom. The lowest BCUT2D eigenvalue weighted by Gasteiger charge is -2.31. The van der Waals surface area contributed by atoms with E-state index in [2.05, 4.69) is 0 Å². The van der Waals surface area contributed by atoms with Gasteiger partial charge >= 0.3 is 0 Å². The number of halogens is 3. The molecule has 1 heterocycles. The Morgan fingerprint density at radius 3 is 2.08 bits per heavy atom. The molecule has 0 radical (unpaired) electrons. The fourth-order valence-corrected chi connectivity index (χ4v) is 1.22. The fraction of sp³-hybridized carbons (Fsp3) is 0.857. The van der Waals surface area contributed by atoms with E-state index in [-0.39, 0.29) is 37.7 Å². The van der Waals surface area contributed by atoms with Crippen molar-refractivity contribution in [2.75, 3.05) is 20.1 Å². The summed E-state index contributed by atoms with van der Waals surface area (Å²) >= 11 is 0. The second kappa shape index (κ2) is 5.62. The SMILES string of the molecule is CN1CCC(F)(C(N)=O)CC1.Cl.Cl. The number of rotatable bonds is 1. The van der Waals surface area contributed by atoms with Crippen LogP contribution in [0.1, 0.15) is 12.8 Å². The largest absolute Gasteiger partial charge is 0.367 e. The molecule has 0 aromatic rings. The number of hydrogen-bond donors (Lipinski definition) is 1. The van der Waals surface area contributed by atoms with Gasteiger partial charge in [0, 0.05) is 25.9 Å². The number of carbonyl (C=O) groups is 1. The molecule has 0 aromatic carbocycles. The van der Waals surface area contributed by atoms with Gasteiger partial charge in [0.05, 0.1) is 0 Å². The quantitative estimate of drug-likeness (QED) is 0.726. The van der Waals surface area contributed by atoms with E-state index in [1.54, 1.807) is 0 Å². The third-order valence-corrected chi connectivity index (χ3v) is 2.22. The van der Waals surface area contributed by atoms with Crippen molar-refractivity contribution in [2.45, 2.75) is 18.5 Å². The van der Waals surface area contributed by atoms with Crippen LogP contribution < -0.4 is 5.73 Å². The minimum atomic E-state index is -1.74. The number of alkyl halides is 1. The monoisotopic (exact) mass is 232 g/mol. The Labute approximate surface area is 89.7 Å². The third kappa shape index (κ3) is 3.67. The van der Waals surface area contributed by atoms with Crippen LogP contribution in [0.15, 0.2) is 0 Å². The summed E-state index contributed by atoms with van der Waals surface area (Å²) in [5.41, 5.74) is 3.17. The van der Waals surface area contributed by atoms with Crippen LogP contribution >= 0.6 is 24.8 Å². The first-order valence-corrected chi connectivity index (χ1v) is 3.72. The number of nitrogens with zero attached hydrogens (tertiary/aromatic N) is 1. The number of primary amides is 1. The van der Waals surface area contributed by atoms with E-state index >= 15 is 0 Å². The van der Waals surface area contributed by atoms with E-state index in [1.165, 1.54) is 0 Å². The topological polar surface area (TPSA) is 46.3 Å². The standard InChI is InChI=1S/C7H13FN2O.2ClH/c1-10-4-2-7(8,3-5-10)6(9)11;;/h2-5H2,1H3,(H2,9,11);2*1H. The maximum atomic E-state index is 13.4. The lowest BCUT2D eigenvalue weighted by molar-refractivity contribution is -0.132. The van der Waals surface area contributed by atoms with Gasteiger partial charge in [0.2, 0.25) is 0 Å². The molecule has 0 atom stereocenters. The Kier molecular flexibility index (Phi) is 6.67. The van der Waals surface area contributed by atoms with Gasteiger partial charge in [-0.25, -0.2) is 4.39 Å². The van der Waals surface area contributed by atoms with Crippen LogP contribution in [0.3, 0.4) is 0 Å². The molecule has 13 heavy (non-hydrogen) atoms. The number of carbonyl (C=O) groups excluding carboxylic acids is 1. The van der Waals surface area contributed by atoms with Crippen LogP contribution in [-0.4, -0.2) is 36.6 Å². The van der Waals surface area contributed by atoms with Crippen LogP contribution in [-0.2, 0) is 4.79 Å². The van der Waals surface area contributed by atoms with Crippen molar-refractivity contribution in [3.05, 3.63) is 0 Å². The van der Waals surface area contributed by atoms with Crippen molar-refractivity contribution in [3.63, 3.8) is 0 Å². The summed E-state index contributed by atoms with van der Waals surface area (Å²) in [7, 11) is 1.90. The van der Waals surface area contributed by atoms with E-state index in [1.807, 2.05) is 11.9 Å². The van der Waals surface area contributed by atoms with Gasteiger partial charge in [0.1, 0.15) is 0 Å². The number of amides is 1. The number of nitrogens with two attached hydrogens (primary N) is 1. The Morgan fingerprint density at radius 1 is 1.38 bits per heavy atom. The highest BCUT2D eigenvalue weighted by Crippen LogP contribution is 2.24. The molecule has 0 bridgehead atoms.